The predicted molar refractivity (Wildman–Crippen MR) is 141 cm³/mol. The number of rotatable bonds is 8. The van der Waals surface area contributed by atoms with Crippen LogP contribution in [0.25, 0.3) is 11.0 Å². The molecule has 4 aromatic rings. The number of benzene rings is 3. The van der Waals surface area contributed by atoms with Crippen molar-refractivity contribution < 1.29 is 18.8 Å². The maximum absolute atomic E-state index is 14.1. The quantitative estimate of drug-likeness (QED) is 0.347. The van der Waals surface area contributed by atoms with E-state index >= 15 is 0 Å². The summed E-state index contributed by atoms with van der Waals surface area (Å²) in [7, 11) is 0. The lowest BCUT2D eigenvalue weighted by molar-refractivity contribution is -0.127. The van der Waals surface area contributed by atoms with Gasteiger partial charge in [-0.2, -0.15) is 0 Å². The van der Waals surface area contributed by atoms with Crippen LogP contribution in [0.1, 0.15) is 54.6 Å². The maximum atomic E-state index is 14.1. The van der Waals surface area contributed by atoms with E-state index in [0.29, 0.717) is 27.8 Å². The van der Waals surface area contributed by atoms with Crippen molar-refractivity contribution in [2.24, 2.45) is 0 Å². The number of hydrogen-bond acceptors (Lipinski definition) is 5. The number of carbonyl (C=O) groups excluding carboxylic acids is 3. The standard InChI is InChI=1S/C29H28FN5O3/c1-19(36)21-7-6-10-24(17-21)35(27(37)18-34-26-12-5-4-11-25(26)32-33-34)28(20-13-15-22(30)16-14-20)29(38)31-23-8-2-3-9-23/h4-7,10-17,23,28H,2-3,8-9,18H2,1H3,(H,31,38)/t28-/m1/s1. The molecule has 1 fully saturated rings. The second kappa shape index (κ2) is 10.9. The summed E-state index contributed by atoms with van der Waals surface area (Å²) in [6.45, 7) is 1.25. The highest BCUT2D eigenvalue weighted by Gasteiger charge is 2.35. The van der Waals surface area contributed by atoms with Crippen molar-refractivity contribution in [1.29, 1.82) is 0 Å². The number of para-hydroxylation sites is 1. The van der Waals surface area contributed by atoms with Gasteiger partial charge in [-0.1, -0.05) is 54.5 Å². The predicted octanol–water partition coefficient (Wildman–Crippen LogP) is 4.61. The van der Waals surface area contributed by atoms with Crippen LogP contribution in [0.5, 0.6) is 0 Å². The average Bonchev–Trinajstić information content (AvgIpc) is 3.58. The van der Waals surface area contributed by atoms with E-state index in [1.807, 2.05) is 18.2 Å². The minimum atomic E-state index is -1.10. The number of Topliss-reactive ketones (excluding diaryl/α,β-unsaturated/α-hetero) is 1. The van der Waals surface area contributed by atoms with Crippen molar-refractivity contribution in [2.75, 3.05) is 4.90 Å². The summed E-state index contributed by atoms with van der Waals surface area (Å²) in [5, 5.41) is 11.4. The van der Waals surface area contributed by atoms with Crippen molar-refractivity contribution in [3.63, 3.8) is 0 Å². The van der Waals surface area contributed by atoms with Crippen molar-refractivity contribution in [3.05, 3.63) is 89.7 Å². The number of ketones is 1. The molecule has 2 amide bonds. The maximum Gasteiger partial charge on any atom is 0.249 e. The Morgan fingerprint density at radius 2 is 1.76 bits per heavy atom. The van der Waals surface area contributed by atoms with Crippen LogP contribution in [0.15, 0.2) is 72.8 Å². The third-order valence-corrected chi connectivity index (χ3v) is 6.90. The second-order valence-corrected chi connectivity index (χ2v) is 9.55. The fraction of sp³-hybridized carbons (Fsp3) is 0.276. The first-order valence-electron chi connectivity index (χ1n) is 12.7. The highest BCUT2D eigenvalue weighted by atomic mass is 19.1. The molecular weight excluding hydrogens is 485 g/mol. The normalized spacial score (nSPS) is 14.4. The zero-order valence-corrected chi connectivity index (χ0v) is 21.0. The molecule has 0 saturated heterocycles. The van der Waals surface area contributed by atoms with Crippen molar-refractivity contribution in [3.8, 4) is 0 Å². The van der Waals surface area contributed by atoms with Gasteiger partial charge >= 0.3 is 0 Å². The van der Waals surface area contributed by atoms with E-state index < -0.39 is 17.8 Å². The molecule has 1 N–H and O–H groups in total. The van der Waals surface area contributed by atoms with Crippen molar-refractivity contribution in [1.82, 2.24) is 20.3 Å². The highest BCUT2D eigenvalue weighted by molar-refractivity contribution is 6.03. The molecule has 3 aromatic carbocycles. The molecule has 8 nitrogen and oxygen atoms in total. The molecule has 0 spiro atoms. The van der Waals surface area contributed by atoms with E-state index in [0.717, 1.165) is 25.7 Å². The van der Waals surface area contributed by atoms with Crippen LogP contribution >= 0.6 is 0 Å². The fourth-order valence-electron chi connectivity index (χ4n) is 4.96. The van der Waals surface area contributed by atoms with Gasteiger partial charge in [-0.05, 0) is 61.7 Å². The van der Waals surface area contributed by atoms with E-state index in [9.17, 15) is 18.8 Å². The molecule has 1 saturated carbocycles. The molecule has 1 aliphatic rings. The number of carbonyl (C=O) groups is 3. The molecule has 1 aliphatic carbocycles. The Morgan fingerprint density at radius 1 is 1.03 bits per heavy atom. The first kappa shape index (κ1) is 25.3. The monoisotopic (exact) mass is 513 g/mol. The van der Waals surface area contributed by atoms with Gasteiger partial charge in [0, 0.05) is 17.3 Å². The third kappa shape index (κ3) is 5.32. The molecule has 0 aliphatic heterocycles. The van der Waals surface area contributed by atoms with Gasteiger partial charge < -0.3 is 5.32 Å². The van der Waals surface area contributed by atoms with E-state index in [-0.39, 0.29) is 24.3 Å². The summed E-state index contributed by atoms with van der Waals surface area (Å²) in [6, 6.07) is 18.4. The topological polar surface area (TPSA) is 97.2 Å². The van der Waals surface area contributed by atoms with Crippen LogP contribution in [-0.4, -0.2) is 38.6 Å². The fourth-order valence-corrected chi connectivity index (χ4v) is 4.96. The molecule has 0 radical (unpaired) electrons. The molecule has 5 rings (SSSR count). The minimum Gasteiger partial charge on any atom is -0.351 e. The van der Waals surface area contributed by atoms with Gasteiger partial charge in [0.2, 0.25) is 11.8 Å². The van der Waals surface area contributed by atoms with E-state index in [1.165, 1.54) is 40.8 Å². The van der Waals surface area contributed by atoms with Crippen molar-refractivity contribution >= 4 is 34.3 Å². The molecule has 0 unspecified atom stereocenters. The Morgan fingerprint density at radius 3 is 2.50 bits per heavy atom. The summed E-state index contributed by atoms with van der Waals surface area (Å²) in [5.41, 5.74) is 2.54. The Hall–Kier alpha value is -4.40. The highest BCUT2D eigenvalue weighted by Crippen LogP contribution is 2.31. The zero-order valence-electron chi connectivity index (χ0n) is 21.0. The van der Waals surface area contributed by atoms with E-state index in [2.05, 4.69) is 15.6 Å². The second-order valence-electron chi connectivity index (χ2n) is 9.55. The van der Waals surface area contributed by atoms with Gasteiger partial charge in [-0.15, -0.1) is 5.10 Å². The minimum absolute atomic E-state index is 0.00483. The van der Waals surface area contributed by atoms with Crippen LogP contribution in [-0.2, 0) is 16.1 Å². The Kier molecular flexibility index (Phi) is 7.26. The number of nitrogens with zero attached hydrogens (tertiary/aromatic N) is 4. The molecule has 1 aromatic heterocycles. The van der Waals surface area contributed by atoms with Crippen molar-refractivity contribution in [2.45, 2.75) is 51.2 Å². The summed E-state index contributed by atoms with van der Waals surface area (Å²) in [4.78, 5) is 41.5. The lowest BCUT2D eigenvalue weighted by Crippen LogP contribution is -2.47. The Labute approximate surface area is 219 Å². The lowest BCUT2D eigenvalue weighted by Gasteiger charge is -2.32. The van der Waals surface area contributed by atoms with E-state index in [4.69, 9.17) is 0 Å². The van der Waals surface area contributed by atoms with Gasteiger partial charge in [0.15, 0.2) is 5.78 Å². The summed E-state index contributed by atoms with van der Waals surface area (Å²) in [6.07, 6.45) is 3.77. The molecule has 1 atom stereocenters. The number of aromatic nitrogens is 3. The molecule has 9 heteroatoms. The largest absolute Gasteiger partial charge is 0.351 e. The number of nitrogens with one attached hydrogen (secondary N) is 1. The molecule has 194 valence electrons. The van der Waals surface area contributed by atoms with Crippen LogP contribution in [0, 0.1) is 5.82 Å². The van der Waals surface area contributed by atoms with Crippen LogP contribution in [0.2, 0.25) is 0 Å². The Bertz CT molecular complexity index is 1480. The summed E-state index contributed by atoms with van der Waals surface area (Å²) < 4.78 is 15.3. The van der Waals surface area contributed by atoms with Gasteiger partial charge in [-0.25, -0.2) is 9.07 Å². The third-order valence-electron chi connectivity index (χ3n) is 6.90. The van der Waals surface area contributed by atoms with Gasteiger partial charge in [0.25, 0.3) is 0 Å². The summed E-state index contributed by atoms with van der Waals surface area (Å²) in [5.74, 6) is -1.42. The zero-order chi connectivity index (χ0) is 26.6. The van der Waals surface area contributed by atoms with Crippen LogP contribution in [0.3, 0.4) is 0 Å². The first-order valence-corrected chi connectivity index (χ1v) is 12.7. The van der Waals surface area contributed by atoms with Crippen LogP contribution in [0.4, 0.5) is 10.1 Å². The van der Waals surface area contributed by atoms with Gasteiger partial charge in [0.1, 0.15) is 23.9 Å². The number of anilines is 1. The SMILES string of the molecule is CC(=O)c1cccc(N(C(=O)Cn2nnc3ccccc32)[C@@H](C(=O)NC2CCCC2)c2ccc(F)cc2)c1. The number of hydrogen-bond donors (Lipinski definition) is 1. The first-order chi connectivity index (χ1) is 18.4. The number of amides is 2. The summed E-state index contributed by atoms with van der Waals surface area (Å²) >= 11 is 0. The number of halogens is 1. The average molecular weight is 514 g/mol. The molecule has 0 bridgehead atoms. The van der Waals surface area contributed by atoms with Gasteiger partial charge in [0.05, 0.1) is 5.52 Å². The van der Waals surface area contributed by atoms with Gasteiger partial charge in [-0.3, -0.25) is 19.3 Å². The molecule has 1 heterocycles. The lowest BCUT2D eigenvalue weighted by atomic mass is 10.0. The van der Waals surface area contributed by atoms with Crippen LogP contribution < -0.4 is 10.2 Å². The molecule has 38 heavy (non-hydrogen) atoms. The molecular formula is C29H28FN5O3. The Balaban J connectivity index is 1.60. The smallest absolute Gasteiger partial charge is 0.249 e. The van der Waals surface area contributed by atoms with E-state index in [1.54, 1.807) is 30.3 Å². The number of fused-ring (bicyclic) bond motifs is 1.